The van der Waals surface area contributed by atoms with E-state index in [0.717, 1.165) is 19.6 Å². The molecule has 1 aromatic heterocycles. The van der Waals surface area contributed by atoms with Gasteiger partial charge in [-0.1, -0.05) is 42.5 Å². The minimum absolute atomic E-state index is 0.368. The average molecular weight is 400 g/mol. The van der Waals surface area contributed by atoms with E-state index in [1.54, 1.807) is 23.0 Å². The molecule has 0 unspecified atom stereocenters. The minimum atomic E-state index is -3.50. The van der Waals surface area contributed by atoms with Crippen molar-refractivity contribution < 1.29 is 13.3 Å². The molecule has 2 aromatic carbocycles. The number of aryl methyl sites for hydroxylation is 2. The number of aromatic nitrogens is 2. The number of hydrogen-bond donors (Lipinski definition) is 1. The number of piperazine rings is 1. The number of fused-ring (bicyclic) bond motifs is 1. The van der Waals surface area contributed by atoms with Gasteiger partial charge in [0.25, 0.3) is 0 Å². The van der Waals surface area contributed by atoms with Gasteiger partial charge in [0.15, 0.2) is 0 Å². The topological polar surface area (TPSA) is 59.6 Å². The van der Waals surface area contributed by atoms with Gasteiger partial charge in [-0.3, -0.25) is 4.68 Å². The highest BCUT2D eigenvalue weighted by Crippen LogP contribution is 2.23. The average Bonchev–Trinajstić information content (AvgIpc) is 2.95. The first-order valence-corrected chi connectivity index (χ1v) is 11.1. The van der Waals surface area contributed by atoms with Gasteiger partial charge in [-0.25, -0.2) is 8.42 Å². The summed E-state index contributed by atoms with van der Waals surface area (Å²) in [5.74, 6) is 0. The molecule has 0 aliphatic carbocycles. The maximum absolute atomic E-state index is 13.1. The number of rotatable bonds is 4. The Morgan fingerprint density at radius 3 is 2.39 bits per heavy atom. The van der Waals surface area contributed by atoms with Crippen LogP contribution in [0.5, 0.6) is 0 Å². The summed E-state index contributed by atoms with van der Waals surface area (Å²) in [4.78, 5) is 1.79. The first-order chi connectivity index (χ1) is 13.4. The van der Waals surface area contributed by atoms with Gasteiger partial charge in [-0.05, 0) is 24.6 Å². The second-order valence-corrected chi connectivity index (χ2v) is 9.47. The van der Waals surface area contributed by atoms with Gasteiger partial charge < -0.3 is 4.90 Å². The molecule has 1 saturated heterocycles. The Morgan fingerprint density at radius 2 is 1.71 bits per heavy atom. The van der Waals surface area contributed by atoms with Gasteiger partial charge in [0, 0.05) is 12.6 Å². The van der Waals surface area contributed by atoms with Crippen LogP contribution in [0.4, 0.5) is 0 Å². The summed E-state index contributed by atoms with van der Waals surface area (Å²) in [5.41, 5.74) is 2.59. The van der Waals surface area contributed by atoms with Crippen LogP contribution in [0.2, 0.25) is 0 Å². The molecule has 4 rings (SSSR count). The number of nitrogens with one attached hydrogen (secondary N) is 1. The van der Waals surface area contributed by atoms with Crippen LogP contribution in [-0.2, 0) is 23.6 Å². The summed E-state index contributed by atoms with van der Waals surface area (Å²) >= 11 is 0. The minimum Gasteiger partial charge on any atom is -0.329 e. The third-order valence-corrected chi connectivity index (χ3v) is 7.94. The summed E-state index contributed by atoms with van der Waals surface area (Å²) in [6, 6.07) is 14.9. The molecule has 0 amide bonds. The Bertz CT molecular complexity index is 1110. The number of quaternary nitrogens is 1. The van der Waals surface area contributed by atoms with Crippen molar-refractivity contribution in [1.29, 1.82) is 0 Å². The Labute approximate surface area is 166 Å². The molecule has 28 heavy (non-hydrogen) atoms. The van der Waals surface area contributed by atoms with Crippen molar-refractivity contribution in [2.24, 2.45) is 7.05 Å². The second-order valence-electron chi connectivity index (χ2n) is 7.59. The zero-order valence-corrected chi connectivity index (χ0v) is 17.5. The highest BCUT2D eigenvalue weighted by molar-refractivity contribution is 7.89. The van der Waals surface area contributed by atoms with E-state index < -0.39 is 10.0 Å². The highest BCUT2D eigenvalue weighted by atomic mass is 32.2. The van der Waals surface area contributed by atoms with Crippen LogP contribution in [-0.4, -0.2) is 48.7 Å². The van der Waals surface area contributed by atoms with E-state index in [-0.39, 0.29) is 0 Å². The molecule has 1 aliphatic heterocycles. The van der Waals surface area contributed by atoms with Crippen LogP contribution in [0, 0.1) is 13.8 Å². The van der Waals surface area contributed by atoms with Crippen LogP contribution in [0.25, 0.3) is 10.8 Å². The third kappa shape index (κ3) is 3.34. The number of sulfonamides is 1. The molecule has 0 radical (unpaired) electrons. The lowest BCUT2D eigenvalue weighted by Gasteiger charge is -2.31. The molecule has 7 heteroatoms. The summed E-state index contributed by atoms with van der Waals surface area (Å²) < 4.78 is 29.6. The lowest BCUT2D eigenvalue weighted by molar-refractivity contribution is -0.917. The van der Waals surface area contributed by atoms with Gasteiger partial charge in [0.05, 0.1) is 37.6 Å². The van der Waals surface area contributed by atoms with E-state index in [9.17, 15) is 8.42 Å². The summed E-state index contributed by atoms with van der Waals surface area (Å²) in [6.45, 7) is 7.19. The van der Waals surface area contributed by atoms with Crippen molar-refractivity contribution in [1.82, 2.24) is 14.1 Å². The molecular weight excluding hydrogens is 372 g/mol. The summed E-state index contributed by atoms with van der Waals surface area (Å²) in [6.07, 6.45) is 0. The van der Waals surface area contributed by atoms with Gasteiger partial charge in [-0.15, -0.1) is 0 Å². The second kappa shape index (κ2) is 7.31. The molecule has 2 heterocycles. The zero-order valence-electron chi connectivity index (χ0n) is 16.6. The van der Waals surface area contributed by atoms with Crippen molar-refractivity contribution in [2.75, 3.05) is 26.2 Å². The van der Waals surface area contributed by atoms with E-state index >= 15 is 0 Å². The fraction of sp³-hybridized carbons (Fsp3) is 0.381. The van der Waals surface area contributed by atoms with E-state index in [1.807, 2.05) is 6.92 Å². The van der Waals surface area contributed by atoms with Gasteiger partial charge in [0.1, 0.15) is 11.4 Å². The standard InChI is InChI=1S/C21H26N4O2S/c1-16-21(17(2)23(3)22-16)28(26,27)25-13-11-24(12-14-25)15-19-9-6-8-18-7-4-5-10-20(18)19/h4-10H,11-15H2,1-3H3/p+1. The largest absolute Gasteiger partial charge is 0.329 e. The monoisotopic (exact) mass is 399 g/mol. The highest BCUT2D eigenvalue weighted by Gasteiger charge is 2.34. The molecule has 6 nitrogen and oxygen atoms in total. The molecular formula is C21H27N4O2S+. The lowest BCUT2D eigenvalue weighted by atomic mass is 10.0. The van der Waals surface area contributed by atoms with E-state index in [2.05, 4.69) is 47.6 Å². The molecule has 148 valence electrons. The summed E-state index contributed by atoms with van der Waals surface area (Å²) in [5, 5.41) is 6.82. The predicted molar refractivity (Wildman–Crippen MR) is 110 cm³/mol. The fourth-order valence-corrected chi connectivity index (χ4v) is 6.03. The van der Waals surface area contributed by atoms with Gasteiger partial charge in [0.2, 0.25) is 10.0 Å². The molecule has 0 atom stereocenters. The van der Waals surface area contributed by atoms with Gasteiger partial charge in [-0.2, -0.15) is 9.40 Å². The number of nitrogens with zero attached hydrogens (tertiary/aromatic N) is 3. The first kappa shape index (κ1) is 19.1. The fourth-order valence-electron chi connectivity index (χ4n) is 4.19. The lowest BCUT2D eigenvalue weighted by Crippen LogP contribution is -3.13. The maximum atomic E-state index is 13.1. The SMILES string of the molecule is Cc1nn(C)c(C)c1S(=O)(=O)N1CC[NH+](Cc2cccc3ccccc23)CC1. The smallest absolute Gasteiger partial charge is 0.247 e. The normalized spacial score (nSPS) is 16.7. The molecule has 1 aliphatic rings. The maximum Gasteiger partial charge on any atom is 0.247 e. The van der Waals surface area contributed by atoms with Crippen molar-refractivity contribution in [2.45, 2.75) is 25.3 Å². The van der Waals surface area contributed by atoms with E-state index in [1.165, 1.54) is 21.2 Å². The van der Waals surface area contributed by atoms with E-state index in [4.69, 9.17) is 0 Å². The third-order valence-electron chi connectivity index (χ3n) is 5.79. The van der Waals surface area contributed by atoms with Crippen molar-refractivity contribution >= 4 is 20.8 Å². The van der Waals surface area contributed by atoms with Crippen molar-refractivity contribution in [3.63, 3.8) is 0 Å². The number of hydrogen-bond acceptors (Lipinski definition) is 3. The molecule has 0 bridgehead atoms. The van der Waals surface area contributed by atoms with E-state index in [0.29, 0.717) is 29.4 Å². The van der Waals surface area contributed by atoms with Crippen molar-refractivity contribution in [3.8, 4) is 0 Å². The van der Waals surface area contributed by atoms with Crippen LogP contribution >= 0.6 is 0 Å². The molecule has 1 N–H and O–H groups in total. The Balaban J connectivity index is 1.49. The molecule has 3 aromatic rings. The summed E-state index contributed by atoms with van der Waals surface area (Å²) in [7, 11) is -1.71. The van der Waals surface area contributed by atoms with Crippen molar-refractivity contribution in [3.05, 3.63) is 59.4 Å². The zero-order chi connectivity index (χ0) is 19.9. The first-order valence-electron chi connectivity index (χ1n) is 9.68. The van der Waals surface area contributed by atoms with Crippen LogP contribution in [0.3, 0.4) is 0 Å². The Kier molecular flexibility index (Phi) is 4.99. The Morgan fingerprint density at radius 1 is 1.04 bits per heavy atom. The number of benzene rings is 2. The quantitative estimate of drug-likeness (QED) is 0.719. The Hall–Kier alpha value is -2.22. The van der Waals surface area contributed by atoms with Crippen LogP contribution in [0.1, 0.15) is 17.0 Å². The van der Waals surface area contributed by atoms with Crippen LogP contribution < -0.4 is 4.90 Å². The molecule has 1 fully saturated rings. The molecule has 0 spiro atoms. The predicted octanol–water partition coefficient (Wildman–Crippen LogP) is 1.28. The van der Waals surface area contributed by atoms with Crippen LogP contribution in [0.15, 0.2) is 47.4 Å². The molecule has 0 saturated carbocycles. The van der Waals surface area contributed by atoms with Gasteiger partial charge >= 0.3 is 0 Å².